The zero-order valence-electron chi connectivity index (χ0n) is 16.6. The van der Waals surface area contributed by atoms with Crippen molar-refractivity contribution in [2.24, 2.45) is 17.3 Å². The second-order valence-corrected chi connectivity index (χ2v) is 9.08. The van der Waals surface area contributed by atoms with Gasteiger partial charge in [0.1, 0.15) is 0 Å². The minimum Gasteiger partial charge on any atom is -0.353 e. The molecule has 0 aromatic heterocycles. The molecule has 0 aromatic rings. The molecule has 0 N–H and O–H groups in total. The third-order valence-electron chi connectivity index (χ3n) is 6.66. The van der Waals surface area contributed by atoms with Gasteiger partial charge in [-0.2, -0.15) is 0 Å². The molecule has 0 saturated heterocycles. The highest BCUT2D eigenvalue weighted by Gasteiger charge is 2.45. The molecule has 2 aliphatic rings. The Morgan fingerprint density at radius 1 is 1.16 bits per heavy atom. The van der Waals surface area contributed by atoms with Crippen molar-refractivity contribution < 1.29 is 9.47 Å². The Hall–Kier alpha value is 0.390. The highest BCUT2D eigenvalue weighted by atomic mass is 127. The molecule has 0 radical (unpaired) electrons. The van der Waals surface area contributed by atoms with Gasteiger partial charge in [0.05, 0.1) is 6.10 Å². The molecule has 2 fully saturated rings. The van der Waals surface area contributed by atoms with Gasteiger partial charge in [-0.25, -0.2) is 0 Å². The quantitative estimate of drug-likeness (QED) is 0.238. The molecule has 2 nitrogen and oxygen atoms in total. The van der Waals surface area contributed by atoms with Crippen LogP contribution in [0.2, 0.25) is 0 Å². The Morgan fingerprint density at radius 3 is 2.48 bits per heavy atom. The number of hydrogen-bond donors (Lipinski definition) is 0. The van der Waals surface area contributed by atoms with E-state index in [-0.39, 0.29) is 12.4 Å². The van der Waals surface area contributed by atoms with E-state index in [0.29, 0.717) is 17.9 Å². The van der Waals surface area contributed by atoms with Gasteiger partial charge in [0.25, 0.3) is 0 Å². The molecule has 2 rings (SSSR count). The van der Waals surface area contributed by atoms with Crippen LogP contribution in [0.3, 0.4) is 0 Å². The highest BCUT2D eigenvalue weighted by Crippen LogP contribution is 2.54. The minimum absolute atomic E-state index is 0.106. The van der Waals surface area contributed by atoms with Crippen molar-refractivity contribution >= 4 is 22.6 Å². The van der Waals surface area contributed by atoms with Gasteiger partial charge in [-0.1, -0.05) is 80.9 Å². The third kappa shape index (κ3) is 6.80. The fourth-order valence-corrected chi connectivity index (χ4v) is 5.49. The van der Waals surface area contributed by atoms with Crippen molar-refractivity contribution in [3.05, 3.63) is 10.2 Å². The monoisotopic (exact) mass is 462 g/mol. The maximum atomic E-state index is 6.16. The summed E-state index contributed by atoms with van der Waals surface area (Å²) in [5.74, 6) is 1.70. The average Bonchev–Trinajstić information content (AvgIpc) is 2.58. The van der Waals surface area contributed by atoms with Gasteiger partial charge in [-0.05, 0) is 60.5 Å². The first-order valence-electron chi connectivity index (χ1n) is 10.7. The third-order valence-corrected chi connectivity index (χ3v) is 7.08. The summed E-state index contributed by atoms with van der Waals surface area (Å²) in [6.07, 6.45) is 18.1. The first-order chi connectivity index (χ1) is 12.1. The van der Waals surface area contributed by atoms with Crippen molar-refractivity contribution in [2.75, 3.05) is 6.61 Å². The molecule has 2 saturated carbocycles. The first kappa shape index (κ1) is 21.7. The largest absolute Gasteiger partial charge is 0.353 e. The number of halogens is 1. The van der Waals surface area contributed by atoms with Crippen LogP contribution in [0, 0.1) is 17.3 Å². The van der Waals surface area contributed by atoms with Gasteiger partial charge in [0.2, 0.25) is 0 Å². The van der Waals surface area contributed by atoms with E-state index in [2.05, 4.69) is 39.7 Å². The summed E-state index contributed by atoms with van der Waals surface area (Å²) in [5.41, 5.74) is 0.592. The molecule has 3 heteroatoms. The van der Waals surface area contributed by atoms with Gasteiger partial charge in [-0.3, -0.25) is 0 Å². The first-order valence-corrected chi connectivity index (χ1v) is 11.9. The van der Waals surface area contributed by atoms with Crippen molar-refractivity contribution in [1.29, 1.82) is 0 Å². The van der Waals surface area contributed by atoms with E-state index in [1.165, 1.54) is 70.6 Å². The summed E-state index contributed by atoms with van der Waals surface area (Å²) >= 11 is 2.31. The normalized spacial score (nSPS) is 30.3. The molecule has 25 heavy (non-hydrogen) atoms. The zero-order valence-corrected chi connectivity index (χ0v) is 18.8. The van der Waals surface area contributed by atoms with Crippen molar-refractivity contribution in [3.63, 3.8) is 0 Å². The van der Waals surface area contributed by atoms with Crippen LogP contribution >= 0.6 is 22.6 Å². The molecule has 0 amide bonds. The van der Waals surface area contributed by atoms with Crippen LogP contribution < -0.4 is 0 Å². The molecule has 2 aliphatic carbocycles. The lowest BCUT2D eigenvalue weighted by atomic mass is 9.57. The molecule has 0 heterocycles. The Labute approximate surface area is 169 Å². The van der Waals surface area contributed by atoms with Gasteiger partial charge >= 0.3 is 0 Å². The lowest BCUT2D eigenvalue weighted by Crippen LogP contribution is -2.44. The summed E-state index contributed by atoms with van der Waals surface area (Å²) in [6.45, 7) is 7.16. The maximum absolute atomic E-state index is 6.16. The Kier molecular flexibility index (Phi) is 9.79. The average molecular weight is 462 g/mol. The van der Waals surface area contributed by atoms with E-state index in [1.54, 1.807) is 0 Å². The smallest absolute Gasteiger partial charge is 0.155 e. The molecule has 2 atom stereocenters. The molecule has 2 unspecified atom stereocenters. The number of ether oxygens (including phenoxy) is 2. The maximum Gasteiger partial charge on any atom is 0.155 e. The summed E-state index contributed by atoms with van der Waals surface area (Å²) in [6, 6.07) is 0. The lowest BCUT2D eigenvalue weighted by Gasteiger charge is -2.50. The molecule has 0 aliphatic heterocycles. The summed E-state index contributed by atoms with van der Waals surface area (Å²) < 4.78 is 13.9. The molecule has 0 bridgehead atoms. The van der Waals surface area contributed by atoms with E-state index in [0.717, 1.165) is 5.92 Å². The second-order valence-electron chi connectivity index (χ2n) is 8.36. The van der Waals surface area contributed by atoms with Crippen LogP contribution in [0.1, 0.15) is 91.4 Å². The summed E-state index contributed by atoms with van der Waals surface area (Å²) in [5, 5.41) is 0. The van der Waals surface area contributed by atoms with E-state index >= 15 is 0 Å². The van der Waals surface area contributed by atoms with E-state index in [1.807, 2.05) is 13.8 Å². The number of rotatable bonds is 11. The Morgan fingerprint density at radius 2 is 1.88 bits per heavy atom. The van der Waals surface area contributed by atoms with Crippen LogP contribution in [0.25, 0.3) is 0 Å². The van der Waals surface area contributed by atoms with E-state index in [4.69, 9.17) is 9.47 Å². The van der Waals surface area contributed by atoms with Gasteiger partial charge in [0.15, 0.2) is 6.29 Å². The lowest BCUT2D eigenvalue weighted by molar-refractivity contribution is -0.175. The molecular formula is C22H39IO2. The topological polar surface area (TPSA) is 18.5 Å². The minimum atomic E-state index is -0.106. The van der Waals surface area contributed by atoms with Crippen LogP contribution in [0.4, 0.5) is 0 Å². The van der Waals surface area contributed by atoms with Crippen LogP contribution in [0.15, 0.2) is 10.2 Å². The second kappa shape index (κ2) is 11.3. The van der Waals surface area contributed by atoms with E-state index in [9.17, 15) is 0 Å². The Bertz CT molecular complexity index is 383. The molecule has 146 valence electrons. The van der Waals surface area contributed by atoms with Crippen molar-refractivity contribution in [3.8, 4) is 0 Å². The molecule has 0 spiro atoms. The highest BCUT2D eigenvalue weighted by molar-refractivity contribution is 14.1. The predicted octanol–water partition coefficient (Wildman–Crippen LogP) is 7.26. The SMILES string of the molecule is CCOC(C)OC(C=CI)C1CC(CC)(CCCC2CCCCC2)C1. The van der Waals surface area contributed by atoms with Gasteiger partial charge in [-0.15, -0.1) is 0 Å². The van der Waals surface area contributed by atoms with Crippen molar-refractivity contribution in [2.45, 2.75) is 104 Å². The summed E-state index contributed by atoms with van der Waals surface area (Å²) in [4.78, 5) is 0. The number of hydrogen-bond acceptors (Lipinski definition) is 2. The fraction of sp³-hybridized carbons (Fsp3) is 0.909. The van der Waals surface area contributed by atoms with Gasteiger partial charge in [0, 0.05) is 6.61 Å². The molecular weight excluding hydrogens is 423 g/mol. The standard InChI is InChI=1S/C22H39IO2/c1-4-22(14-9-12-19-10-7-6-8-11-19)16-20(17-22)21(13-15-23)25-18(3)24-5-2/h13,15,18-21H,4-12,14,16-17H2,1-3H3. The zero-order chi connectivity index (χ0) is 18.1. The van der Waals surface area contributed by atoms with E-state index < -0.39 is 0 Å². The van der Waals surface area contributed by atoms with Crippen LogP contribution in [0.5, 0.6) is 0 Å². The van der Waals surface area contributed by atoms with Crippen LogP contribution in [-0.4, -0.2) is 19.0 Å². The van der Waals surface area contributed by atoms with Gasteiger partial charge < -0.3 is 9.47 Å². The predicted molar refractivity (Wildman–Crippen MR) is 115 cm³/mol. The van der Waals surface area contributed by atoms with Crippen molar-refractivity contribution in [1.82, 2.24) is 0 Å². The fourth-order valence-electron chi connectivity index (χ4n) is 5.08. The summed E-state index contributed by atoms with van der Waals surface area (Å²) in [7, 11) is 0. The molecule has 0 aromatic carbocycles. The Balaban J connectivity index is 1.76. The van der Waals surface area contributed by atoms with Crippen LogP contribution in [-0.2, 0) is 9.47 Å².